The normalized spacial score (nSPS) is 14.6. The number of sulfone groups is 1. The molecule has 0 bridgehead atoms. The Balaban J connectivity index is 2.54. The van der Waals surface area contributed by atoms with Crippen LogP contribution in [-0.4, -0.2) is 32.4 Å². The Kier molecular flexibility index (Phi) is 5.71. The molecule has 1 rings (SSSR count). The third-order valence-corrected chi connectivity index (χ3v) is 4.05. The molecule has 5 nitrogen and oxygen atoms in total. The maximum atomic E-state index is 11.9. The highest BCUT2D eigenvalue weighted by atomic mass is 32.2. The summed E-state index contributed by atoms with van der Waals surface area (Å²) in [6.07, 6.45) is 1.26. The highest BCUT2D eigenvalue weighted by Crippen LogP contribution is 2.13. The van der Waals surface area contributed by atoms with E-state index in [0.29, 0.717) is 0 Å². The second kappa shape index (κ2) is 6.85. The molecule has 0 fully saturated rings. The lowest BCUT2D eigenvalue weighted by molar-refractivity contribution is -0.123. The van der Waals surface area contributed by atoms with Crippen LogP contribution in [0.3, 0.4) is 0 Å². The molecule has 0 heterocycles. The maximum Gasteiger partial charge on any atom is 0.237 e. The van der Waals surface area contributed by atoms with Crippen LogP contribution in [0.5, 0.6) is 0 Å². The van der Waals surface area contributed by atoms with Gasteiger partial charge < -0.3 is 11.1 Å². The lowest BCUT2D eigenvalue weighted by Crippen LogP contribution is -2.42. The van der Waals surface area contributed by atoms with E-state index in [1.54, 1.807) is 0 Å². The molecule has 1 amide bonds. The van der Waals surface area contributed by atoms with Gasteiger partial charge in [-0.1, -0.05) is 29.8 Å². The minimum absolute atomic E-state index is 0.0828. The van der Waals surface area contributed by atoms with Crippen LogP contribution in [0.15, 0.2) is 24.3 Å². The van der Waals surface area contributed by atoms with Gasteiger partial charge in [0.25, 0.3) is 0 Å². The van der Waals surface area contributed by atoms with Gasteiger partial charge in [0.15, 0.2) is 0 Å². The van der Waals surface area contributed by atoms with Crippen molar-refractivity contribution in [3.63, 3.8) is 0 Å². The molecule has 0 aliphatic heterocycles. The molecule has 0 saturated heterocycles. The van der Waals surface area contributed by atoms with Gasteiger partial charge in [0.2, 0.25) is 5.91 Å². The van der Waals surface area contributed by atoms with E-state index in [9.17, 15) is 13.2 Å². The first-order chi connectivity index (χ1) is 9.19. The average Bonchev–Trinajstić information content (AvgIpc) is 2.35. The van der Waals surface area contributed by atoms with Crippen LogP contribution < -0.4 is 11.1 Å². The molecule has 112 valence electrons. The maximum absolute atomic E-state index is 11.9. The first-order valence-corrected chi connectivity index (χ1v) is 8.55. The summed E-state index contributed by atoms with van der Waals surface area (Å²) in [5.41, 5.74) is 7.83. The van der Waals surface area contributed by atoms with Gasteiger partial charge >= 0.3 is 0 Å². The number of carbonyl (C=O) groups is 1. The number of nitrogens with two attached hydrogens (primary N) is 1. The number of rotatable bonds is 6. The Labute approximate surface area is 120 Å². The fourth-order valence-corrected chi connectivity index (χ4v) is 2.41. The number of aryl methyl sites for hydroxylation is 1. The number of amides is 1. The van der Waals surface area contributed by atoms with Gasteiger partial charge in [0.1, 0.15) is 9.84 Å². The second-order valence-corrected chi connectivity index (χ2v) is 7.43. The van der Waals surface area contributed by atoms with Crippen LogP contribution in [-0.2, 0) is 14.6 Å². The summed E-state index contributed by atoms with van der Waals surface area (Å²) >= 11 is 0. The van der Waals surface area contributed by atoms with Crippen LogP contribution >= 0.6 is 0 Å². The van der Waals surface area contributed by atoms with Crippen molar-refractivity contribution in [1.29, 1.82) is 0 Å². The van der Waals surface area contributed by atoms with E-state index in [1.165, 1.54) is 0 Å². The highest BCUT2D eigenvalue weighted by Gasteiger charge is 2.18. The van der Waals surface area contributed by atoms with Crippen molar-refractivity contribution in [3.8, 4) is 0 Å². The number of hydrogen-bond donors (Lipinski definition) is 2. The first kappa shape index (κ1) is 16.7. The molecule has 0 spiro atoms. The van der Waals surface area contributed by atoms with E-state index >= 15 is 0 Å². The third kappa shape index (κ3) is 5.71. The van der Waals surface area contributed by atoms with E-state index < -0.39 is 15.9 Å². The predicted octanol–water partition coefficient (Wildman–Crippen LogP) is 0.934. The van der Waals surface area contributed by atoms with Gasteiger partial charge in [-0.25, -0.2) is 8.42 Å². The van der Waals surface area contributed by atoms with Crippen molar-refractivity contribution in [2.24, 2.45) is 5.73 Å². The molecule has 1 aromatic rings. The van der Waals surface area contributed by atoms with E-state index in [-0.39, 0.29) is 24.1 Å². The van der Waals surface area contributed by atoms with Crippen LogP contribution in [0.1, 0.15) is 30.5 Å². The number of benzene rings is 1. The summed E-state index contributed by atoms with van der Waals surface area (Å²) in [6, 6.07) is 6.87. The molecule has 20 heavy (non-hydrogen) atoms. The Morgan fingerprint density at radius 3 is 2.35 bits per heavy atom. The molecule has 3 N–H and O–H groups in total. The van der Waals surface area contributed by atoms with E-state index in [1.807, 2.05) is 38.1 Å². The average molecular weight is 298 g/mol. The van der Waals surface area contributed by atoms with E-state index in [0.717, 1.165) is 17.4 Å². The van der Waals surface area contributed by atoms with Crippen molar-refractivity contribution >= 4 is 15.7 Å². The lowest BCUT2D eigenvalue weighted by atomic mass is 10.1. The smallest absolute Gasteiger partial charge is 0.237 e. The van der Waals surface area contributed by atoms with Gasteiger partial charge in [-0.2, -0.15) is 0 Å². The molecule has 0 aliphatic rings. The van der Waals surface area contributed by atoms with Crippen molar-refractivity contribution in [1.82, 2.24) is 5.32 Å². The molecule has 0 radical (unpaired) electrons. The Morgan fingerprint density at radius 2 is 1.85 bits per heavy atom. The van der Waals surface area contributed by atoms with Crippen molar-refractivity contribution in [2.75, 3.05) is 12.0 Å². The SMILES string of the molecule is Cc1ccc([C@@H](C)NC(=O)C(N)CCS(C)(=O)=O)cc1. The molecule has 0 aromatic heterocycles. The quantitative estimate of drug-likeness (QED) is 0.817. The van der Waals surface area contributed by atoms with Gasteiger partial charge in [0, 0.05) is 6.26 Å². The fraction of sp³-hybridized carbons (Fsp3) is 0.500. The zero-order chi connectivity index (χ0) is 15.3. The number of carbonyl (C=O) groups excluding carboxylic acids is 1. The standard InChI is InChI=1S/C14H22N2O3S/c1-10-4-6-12(7-5-10)11(2)16-14(17)13(15)8-9-20(3,18)19/h4-7,11,13H,8-9,15H2,1-3H3,(H,16,17)/t11-,13?/m1/s1. The zero-order valence-electron chi connectivity index (χ0n) is 12.1. The molecular weight excluding hydrogens is 276 g/mol. The van der Waals surface area contributed by atoms with Gasteiger partial charge in [-0.3, -0.25) is 4.79 Å². The minimum atomic E-state index is -3.10. The summed E-state index contributed by atoms with van der Waals surface area (Å²) in [5.74, 6) is -0.415. The predicted molar refractivity (Wildman–Crippen MR) is 80.0 cm³/mol. The largest absolute Gasteiger partial charge is 0.348 e. The Morgan fingerprint density at radius 1 is 1.30 bits per heavy atom. The van der Waals surface area contributed by atoms with E-state index in [2.05, 4.69) is 5.32 Å². The van der Waals surface area contributed by atoms with Crippen LogP contribution in [0, 0.1) is 6.92 Å². The summed E-state index contributed by atoms with van der Waals surface area (Å²) < 4.78 is 22.1. The van der Waals surface area contributed by atoms with Crippen LogP contribution in [0.2, 0.25) is 0 Å². The molecule has 0 aliphatic carbocycles. The molecule has 6 heteroatoms. The fourth-order valence-electron chi connectivity index (χ4n) is 1.73. The van der Waals surface area contributed by atoms with Gasteiger partial charge in [-0.15, -0.1) is 0 Å². The monoisotopic (exact) mass is 298 g/mol. The number of hydrogen-bond acceptors (Lipinski definition) is 4. The zero-order valence-corrected chi connectivity index (χ0v) is 12.9. The lowest BCUT2D eigenvalue weighted by Gasteiger charge is -2.18. The highest BCUT2D eigenvalue weighted by molar-refractivity contribution is 7.90. The van der Waals surface area contributed by atoms with Crippen molar-refractivity contribution < 1.29 is 13.2 Å². The molecular formula is C14H22N2O3S. The van der Waals surface area contributed by atoms with Crippen molar-refractivity contribution in [2.45, 2.75) is 32.4 Å². The Hall–Kier alpha value is -1.40. The second-order valence-electron chi connectivity index (χ2n) is 5.17. The minimum Gasteiger partial charge on any atom is -0.348 e. The number of nitrogens with one attached hydrogen (secondary N) is 1. The summed E-state index contributed by atoms with van der Waals surface area (Å²) in [4.78, 5) is 11.9. The molecule has 1 unspecified atom stereocenters. The summed E-state index contributed by atoms with van der Waals surface area (Å²) in [6.45, 7) is 3.86. The van der Waals surface area contributed by atoms with Crippen molar-refractivity contribution in [3.05, 3.63) is 35.4 Å². The van der Waals surface area contributed by atoms with E-state index in [4.69, 9.17) is 5.73 Å². The molecule has 0 saturated carbocycles. The van der Waals surface area contributed by atoms with Gasteiger partial charge in [-0.05, 0) is 25.8 Å². The van der Waals surface area contributed by atoms with Crippen LogP contribution in [0.4, 0.5) is 0 Å². The summed E-state index contributed by atoms with van der Waals surface area (Å²) in [7, 11) is -3.10. The molecule has 1 aromatic carbocycles. The Bertz CT molecular complexity index is 552. The van der Waals surface area contributed by atoms with Gasteiger partial charge in [0.05, 0.1) is 17.8 Å². The summed E-state index contributed by atoms with van der Waals surface area (Å²) in [5, 5.41) is 2.79. The third-order valence-electron chi connectivity index (χ3n) is 3.07. The topological polar surface area (TPSA) is 89.3 Å². The first-order valence-electron chi connectivity index (χ1n) is 6.49. The molecule has 2 atom stereocenters. The van der Waals surface area contributed by atoms with Crippen LogP contribution in [0.25, 0.3) is 0 Å².